The van der Waals surface area contributed by atoms with Gasteiger partial charge in [0.15, 0.2) is 0 Å². The molecule has 2 atom stereocenters. The number of halogens is 9. The molecule has 0 saturated heterocycles. The number of alkyl halides is 6. The molecule has 45 heavy (non-hydrogen) atoms. The molecule has 0 bridgehead atoms. The van der Waals surface area contributed by atoms with Gasteiger partial charge >= 0.3 is 12.4 Å². The van der Waals surface area contributed by atoms with E-state index in [-0.39, 0.29) is 40.6 Å². The lowest BCUT2D eigenvalue weighted by Crippen LogP contribution is -2.54. The summed E-state index contributed by atoms with van der Waals surface area (Å²) >= 11 is 12.1. The van der Waals surface area contributed by atoms with E-state index in [4.69, 9.17) is 23.2 Å². The van der Waals surface area contributed by atoms with E-state index in [0.717, 1.165) is 24.3 Å². The first-order valence-corrected chi connectivity index (χ1v) is 15.4. The number of sulfonamides is 1. The fourth-order valence-electron chi connectivity index (χ4n) is 5.30. The minimum absolute atomic E-state index is 0.216. The number of hydrogen-bond acceptors (Lipinski definition) is 5. The van der Waals surface area contributed by atoms with Crippen LogP contribution in [0.3, 0.4) is 0 Å². The molecule has 1 aliphatic rings. The second kappa shape index (κ2) is 12.7. The van der Waals surface area contributed by atoms with Crippen LogP contribution in [0.1, 0.15) is 41.9 Å². The number of aliphatic hydroxyl groups is 2. The molecule has 2 N–H and O–H groups in total. The minimum Gasteiger partial charge on any atom is -0.396 e. The number of benzene rings is 3. The quantitative estimate of drug-likeness (QED) is 0.233. The average molecular weight is 702 g/mol. The van der Waals surface area contributed by atoms with Gasteiger partial charge in [0, 0.05) is 34.4 Å². The lowest BCUT2D eigenvalue weighted by molar-refractivity contribution is -0.376. The number of rotatable bonds is 9. The highest BCUT2D eigenvalue weighted by Gasteiger charge is 2.71. The van der Waals surface area contributed by atoms with Crippen molar-refractivity contribution in [2.45, 2.75) is 60.5 Å². The number of hydrogen-bond donors (Lipinski definition) is 2. The molecule has 0 aliphatic carbocycles. The normalized spacial score (nSPS) is 16.8. The summed E-state index contributed by atoms with van der Waals surface area (Å²) in [5.41, 5.74) is -6.97. The molecule has 0 aromatic heterocycles. The van der Waals surface area contributed by atoms with Crippen LogP contribution in [-0.4, -0.2) is 49.4 Å². The summed E-state index contributed by atoms with van der Waals surface area (Å²) in [5.74, 6) is -2.09. The van der Waals surface area contributed by atoms with Gasteiger partial charge in [0.2, 0.25) is 0 Å². The molecule has 4 rings (SSSR count). The Morgan fingerprint density at radius 1 is 0.933 bits per heavy atom. The van der Waals surface area contributed by atoms with Crippen LogP contribution >= 0.6 is 23.2 Å². The van der Waals surface area contributed by atoms with Crippen molar-refractivity contribution in [2.24, 2.45) is 0 Å². The molecule has 1 heterocycles. The maximum Gasteiger partial charge on any atom is 0.430 e. The average Bonchev–Trinajstić information content (AvgIpc) is 2.93. The molecule has 0 amide bonds. The van der Waals surface area contributed by atoms with E-state index in [1.165, 1.54) is 18.2 Å². The Morgan fingerprint density at radius 3 is 2.04 bits per heavy atom. The maximum absolute atomic E-state index is 13.8. The Kier molecular flexibility index (Phi) is 9.87. The van der Waals surface area contributed by atoms with Crippen LogP contribution in [0, 0.1) is 5.82 Å². The Labute approximate surface area is 263 Å². The molecule has 3 aromatic rings. The first-order valence-electron chi connectivity index (χ1n) is 13.2. The summed E-state index contributed by atoms with van der Waals surface area (Å²) in [4.78, 5) is 12.8. The zero-order valence-corrected chi connectivity index (χ0v) is 25.2. The summed E-state index contributed by atoms with van der Waals surface area (Å²) < 4.78 is 123. The van der Waals surface area contributed by atoms with Gasteiger partial charge in [-0.15, -0.1) is 0 Å². The van der Waals surface area contributed by atoms with Gasteiger partial charge in [0.1, 0.15) is 11.6 Å². The Morgan fingerprint density at radius 2 is 1.51 bits per heavy atom. The van der Waals surface area contributed by atoms with E-state index in [2.05, 4.69) is 0 Å². The molecule has 244 valence electrons. The summed E-state index contributed by atoms with van der Waals surface area (Å²) in [6, 6.07) is 8.24. The van der Waals surface area contributed by atoms with Crippen molar-refractivity contribution in [3.8, 4) is 0 Å². The summed E-state index contributed by atoms with van der Waals surface area (Å²) in [5, 5.41) is 20.3. The lowest BCUT2D eigenvalue weighted by atomic mass is 9.86. The van der Waals surface area contributed by atoms with Crippen LogP contribution in [0.25, 0.3) is 0 Å². The largest absolute Gasteiger partial charge is 0.430 e. The number of aliphatic hydroxyl groups excluding tert-OH is 1. The molecule has 0 saturated carbocycles. The molecule has 1 unspecified atom stereocenters. The topological polar surface area (TPSA) is 94.9 Å². The number of fused-ring (bicyclic) bond motifs is 1. The van der Waals surface area contributed by atoms with Crippen LogP contribution < -0.4 is 4.31 Å². The van der Waals surface area contributed by atoms with Crippen molar-refractivity contribution >= 4 is 44.7 Å². The standard InChI is InChI=1S/C29H24Cl2F7NO5S/c30-20-10-17(11-21(31)13-20)18(15-40)12-24(41)14-23-5-1-16-9-19(27(42,28(33,34)35)29(36,37)38)2-8-26(16)39(23)45(43,44)25-6-3-22(32)4-7-25/h2-4,6-11,13,18,23,40,42H,1,5,12,14-15H2/t18?,23-/m0/s1. The van der Waals surface area contributed by atoms with Crippen LogP contribution in [0.4, 0.5) is 36.4 Å². The predicted octanol–water partition coefficient (Wildman–Crippen LogP) is 7.08. The molecule has 0 radical (unpaired) electrons. The van der Waals surface area contributed by atoms with Crippen molar-refractivity contribution in [3.05, 3.63) is 93.2 Å². The van der Waals surface area contributed by atoms with E-state index < -0.39 is 75.0 Å². The van der Waals surface area contributed by atoms with Crippen molar-refractivity contribution < 1.29 is 54.2 Å². The van der Waals surface area contributed by atoms with Crippen LogP contribution in [0.5, 0.6) is 0 Å². The van der Waals surface area contributed by atoms with Gasteiger partial charge in [0.05, 0.1) is 23.2 Å². The van der Waals surface area contributed by atoms with E-state index in [0.29, 0.717) is 28.1 Å². The highest BCUT2D eigenvalue weighted by atomic mass is 35.5. The zero-order chi connectivity index (χ0) is 33.5. The number of carbonyl (C=O) groups excluding carboxylic acids is 1. The number of Topliss-reactive ketones (excluding diaryl/α,β-unsaturated/α-hetero) is 1. The summed E-state index contributed by atoms with van der Waals surface area (Å²) in [6.07, 6.45) is -13.5. The Bertz CT molecular complexity index is 1650. The predicted molar refractivity (Wildman–Crippen MR) is 151 cm³/mol. The van der Waals surface area contributed by atoms with E-state index >= 15 is 0 Å². The highest BCUT2D eigenvalue weighted by Crippen LogP contribution is 2.51. The van der Waals surface area contributed by atoms with Crippen molar-refractivity contribution in [3.63, 3.8) is 0 Å². The molecule has 6 nitrogen and oxygen atoms in total. The van der Waals surface area contributed by atoms with E-state index in [1.54, 1.807) is 0 Å². The number of carbonyl (C=O) groups is 1. The SMILES string of the molecule is O=C(CC(CO)c1cc(Cl)cc(Cl)c1)C[C@@H]1CCc2cc(C(O)(C(F)(F)F)C(F)(F)F)ccc2N1S(=O)(=O)c1ccc(F)cc1. The molecule has 16 heteroatoms. The van der Waals surface area contributed by atoms with Crippen molar-refractivity contribution in [1.82, 2.24) is 0 Å². The zero-order valence-electron chi connectivity index (χ0n) is 22.8. The van der Waals surface area contributed by atoms with Gasteiger partial charge in [-0.3, -0.25) is 9.10 Å². The highest BCUT2D eigenvalue weighted by molar-refractivity contribution is 7.92. The second-order valence-electron chi connectivity index (χ2n) is 10.5. The molecule has 3 aromatic carbocycles. The van der Waals surface area contributed by atoms with E-state index in [1.807, 2.05) is 0 Å². The van der Waals surface area contributed by atoms with Crippen LogP contribution in [0.15, 0.2) is 65.6 Å². The number of ketones is 1. The molecule has 0 fully saturated rings. The van der Waals surface area contributed by atoms with Gasteiger partial charge in [0.25, 0.3) is 15.6 Å². The lowest BCUT2D eigenvalue weighted by Gasteiger charge is -2.39. The van der Waals surface area contributed by atoms with Crippen molar-refractivity contribution in [2.75, 3.05) is 10.9 Å². The van der Waals surface area contributed by atoms with Gasteiger partial charge in [-0.2, -0.15) is 26.3 Å². The third kappa shape index (κ3) is 6.94. The minimum atomic E-state index is -6.17. The molecular weight excluding hydrogens is 678 g/mol. The van der Waals surface area contributed by atoms with Gasteiger partial charge in [-0.25, -0.2) is 12.8 Å². The summed E-state index contributed by atoms with van der Waals surface area (Å²) in [6.45, 7) is -0.502. The van der Waals surface area contributed by atoms with E-state index in [9.17, 15) is 54.2 Å². The van der Waals surface area contributed by atoms with Crippen LogP contribution in [-0.2, 0) is 26.8 Å². The first kappa shape index (κ1) is 35.0. The second-order valence-corrected chi connectivity index (χ2v) is 13.2. The van der Waals surface area contributed by atoms with Gasteiger partial charge in [-0.05, 0) is 72.5 Å². The molecule has 0 spiro atoms. The monoisotopic (exact) mass is 701 g/mol. The fourth-order valence-corrected chi connectivity index (χ4v) is 7.56. The smallest absolute Gasteiger partial charge is 0.396 e. The third-order valence-corrected chi connectivity index (χ3v) is 9.84. The third-order valence-electron chi connectivity index (χ3n) is 7.52. The summed E-state index contributed by atoms with van der Waals surface area (Å²) in [7, 11) is -4.67. The Hall–Kier alpha value is -2.91. The fraction of sp³-hybridized carbons (Fsp3) is 0.345. The van der Waals surface area contributed by atoms with Gasteiger partial charge in [-0.1, -0.05) is 35.3 Å². The first-order chi connectivity index (χ1) is 20.8. The molecular formula is C29H24Cl2F7NO5S. The Balaban J connectivity index is 1.75. The maximum atomic E-state index is 13.8. The number of nitrogens with zero attached hydrogens (tertiary/aromatic N) is 1. The van der Waals surface area contributed by atoms with Crippen LogP contribution in [0.2, 0.25) is 10.0 Å². The van der Waals surface area contributed by atoms with Crippen molar-refractivity contribution in [1.29, 1.82) is 0 Å². The molecule has 1 aliphatic heterocycles. The number of anilines is 1. The van der Waals surface area contributed by atoms with Gasteiger partial charge < -0.3 is 10.2 Å². The number of aryl methyl sites for hydroxylation is 1.